The first-order chi connectivity index (χ1) is 15.9. The lowest BCUT2D eigenvalue weighted by molar-refractivity contribution is -0.118. The van der Waals surface area contributed by atoms with E-state index < -0.39 is 0 Å². The van der Waals surface area contributed by atoms with Crippen LogP contribution in [0.5, 0.6) is 0 Å². The minimum atomic E-state index is -0.0134. The van der Waals surface area contributed by atoms with E-state index in [2.05, 4.69) is 65.0 Å². The number of carbonyl (C=O) groups excluding carboxylic acids is 1. The van der Waals surface area contributed by atoms with Gasteiger partial charge in [0.05, 0.1) is 11.0 Å². The maximum absolute atomic E-state index is 12.0. The molecule has 1 aliphatic carbocycles. The van der Waals surface area contributed by atoms with Crippen LogP contribution in [0.3, 0.4) is 0 Å². The van der Waals surface area contributed by atoms with Gasteiger partial charge in [-0.2, -0.15) is 0 Å². The van der Waals surface area contributed by atoms with Gasteiger partial charge >= 0.3 is 0 Å². The molecule has 0 spiro atoms. The second kappa shape index (κ2) is 8.79. The standard InChI is InChI=1S/C28H34N4O/c1-18(2)28(33)30-24-7-6-22-14-21(15-23(22)16-24)17-31-11-9-25(10-12-31)32-20(4)29-26-13-19(3)5-8-27(26)32/h5-8,13,15-16,18,25H,9-12,14,17H2,1-4H3,(H,30,33). The van der Waals surface area contributed by atoms with E-state index in [-0.39, 0.29) is 11.8 Å². The maximum atomic E-state index is 12.0. The van der Waals surface area contributed by atoms with Crippen LogP contribution < -0.4 is 5.32 Å². The van der Waals surface area contributed by atoms with Gasteiger partial charge in [0.15, 0.2) is 0 Å². The van der Waals surface area contributed by atoms with E-state index in [0.717, 1.165) is 55.9 Å². The average Bonchev–Trinajstić information content (AvgIpc) is 3.32. The molecule has 1 fully saturated rings. The Morgan fingerprint density at radius 2 is 1.91 bits per heavy atom. The third-order valence-corrected chi connectivity index (χ3v) is 7.09. The van der Waals surface area contributed by atoms with E-state index in [1.165, 1.54) is 27.8 Å². The number of aromatic nitrogens is 2. The molecule has 1 aromatic heterocycles. The van der Waals surface area contributed by atoms with Gasteiger partial charge in [-0.25, -0.2) is 4.98 Å². The minimum absolute atomic E-state index is 0.0134. The van der Waals surface area contributed by atoms with Crippen LogP contribution in [0.15, 0.2) is 42.0 Å². The summed E-state index contributed by atoms with van der Waals surface area (Å²) in [6, 6.07) is 13.4. The molecule has 1 amide bonds. The van der Waals surface area contributed by atoms with Crippen molar-refractivity contribution in [1.29, 1.82) is 0 Å². The van der Waals surface area contributed by atoms with Gasteiger partial charge in [0.25, 0.3) is 0 Å². The molecule has 2 heterocycles. The van der Waals surface area contributed by atoms with Gasteiger partial charge in [0, 0.05) is 37.3 Å². The molecular weight excluding hydrogens is 408 g/mol. The quantitative estimate of drug-likeness (QED) is 0.566. The highest BCUT2D eigenvalue weighted by molar-refractivity contribution is 5.92. The van der Waals surface area contributed by atoms with E-state index in [9.17, 15) is 4.79 Å². The Bertz CT molecular complexity index is 1230. The van der Waals surface area contributed by atoms with E-state index in [1.54, 1.807) is 0 Å². The Labute approximate surface area is 196 Å². The van der Waals surface area contributed by atoms with Gasteiger partial charge in [-0.3, -0.25) is 9.69 Å². The van der Waals surface area contributed by atoms with Crippen LogP contribution in [-0.2, 0) is 11.2 Å². The fourth-order valence-electron chi connectivity index (χ4n) is 5.28. The van der Waals surface area contributed by atoms with Crippen molar-refractivity contribution >= 4 is 28.7 Å². The van der Waals surface area contributed by atoms with Crippen LogP contribution >= 0.6 is 0 Å². The zero-order chi connectivity index (χ0) is 23.1. The molecule has 0 unspecified atom stereocenters. The summed E-state index contributed by atoms with van der Waals surface area (Å²) >= 11 is 0. The van der Waals surface area contributed by atoms with Crippen molar-refractivity contribution in [2.75, 3.05) is 25.0 Å². The number of piperidine rings is 1. The number of imidazole rings is 1. The number of likely N-dealkylation sites (tertiary alicyclic amines) is 1. The first-order valence-corrected chi connectivity index (χ1v) is 12.2. The molecule has 0 bridgehead atoms. The third-order valence-electron chi connectivity index (χ3n) is 7.09. The maximum Gasteiger partial charge on any atom is 0.226 e. The molecule has 5 heteroatoms. The smallest absolute Gasteiger partial charge is 0.226 e. The van der Waals surface area contributed by atoms with E-state index in [1.807, 2.05) is 19.9 Å². The Morgan fingerprint density at radius 3 is 2.67 bits per heavy atom. The van der Waals surface area contributed by atoms with Crippen LogP contribution in [0.1, 0.15) is 55.2 Å². The Hall–Kier alpha value is -2.92. The number of hydrogen-bond donors (Lipinski definition) is 1. The summed E-state index contributed by atoms with van der Waals surface area (Å²) in [5, 5.41) is 3.02. The molecule has 172 valence electrons. The Morgan fingerprint density at radius 1 is 1.12 bits per heavy atom. The first-order valence-electron chi connectivity index (χ1n) is 12.2. The Balaban J connectivity index is 1.22. The zero-order valence-corrected chi connectivity index (χ0v) is 20.2. The minimum Gasteiger partial charge on any atom is -0.326 e. The van der Waals surface area contributed by atoms with Crippen LogP contribution in [0, 0.1) is 19.8 Å². The number of nitrogens with one attached hydrogen (secondary N) is 1. The predicted octanol–water partition coefficient (Wildman–Crippen LogP) is 5.52. The highest BCUT2D eigenvalue weighted by atomic mass is 16.1. The summed E-state index contributed by atoms with van der Waals surface area (Å²) in [4.78, 5) is 19.4. The van der Waals surface area contributed by atoms with Crippen molar-refractivity contribution in [2.45, 2.75) is 53.0 Å². The summed E-state index contributed by atoms with van der Waals surface area (Å²) < 4.78 is 2.46. The number of fused-ring (bicyclic) bond motifs is 2. The molecule has 5 nitrogen and oxygen atoms in total. The number of benzene rings is 2. The second-order valence-corrected chi connectivity index (χ2v) is 10.1. The summed E-state index contributed by atoms with van der Waals surface area (Å²) in [7, 11) is 0. The van der Waals surface area contributed by atoms with Gasteiger partial charge < -0.3 is 9.88 Å². The lowest BCUT2D eigenvalue weighted by atomic mass is 10.0. The molecule has 1 N–H and O–H groups in total. The summed E-state index contributed by atoms with van der Waals surface area (Å²) in [6.07, 6.45) is 5.65. The molecule has 0 radical (unpaired) electrons. The van der Waals surface area contributed by atoms with Crippen molar-refractivity contribution < 1.29 is 4.79 Å². The molecule has 3 aromatic rings. The number of rotatable bonds is 5. The molecule has 33 heavy (non-hydrogen) atoms. The van der Waals surface area contributed by atoms with Gasteiger partial charge in [-0.1, -0.05) is 37.6 Å². The first kappa shape index (κ1) is 21.9. The number of anilines is 1. The van der Waals surface area contributed by atoms with Crippen molar-refractivity contribution in [3.05, 3.63) is 64.5 Å². The monoisotopic (exact) mass is 442 g/mol. The van der Waals surface area contributed by atoms with E-state index in [4.69, 9.17) is 4.98 Å². The highest BCUT2D eigenvalue weighted by Crippen LogP contribution is 2.32. The molecule has 2 aliphatic rings. The van der Waals surface area contributed by atoms with E-state index in [0.29, 0.717) is 6.04 Å². The zero-order valence-electron chi connectivity index (χ0n) is 20.2. The fraction of sp³-hybridized carbons (Fsp3) is 0.429. The topological polar surface area (TPSA) is 50.2 Å². The molecule has 2 aromatic carbocycles. The molecule has 0 saturated carbocycles. The fourth-order valence-corrected chi connectivity index (χ4v) is 5.28. The number of aryl methyl sites for hydroxylation is 2. The second-order valence-electron chi connectivity index (χ2n) is 10.1. The lowest BCUT2D eigenvalue weighted by Gasteiger charge is -2.33. The SMILES string of the molecule is Cc1ccc2c(c1)nc(C)n2C1CCN(CC2=Cc3cc(NC(=O)C(C)C)ccc3C2)CC1. The third kappa shape index (κ3) is 4.47. The number of amides is 1. The van der Waals surface area contributed by atoms with Gasteiger partial charge in [-0.15, -0.1) is 0 Å². The number of hydrogen-bond acceptors (Lipinski definition) is 3. The van der Waals surface area contributed by atoms with Crippen molar-refractivity contribution in [1.82, 2.24) is 14.5 Å². The molecule has 1 saturated heterocycles. The van der Waals surface area contributed by atoms with E-state index >= 15 is 0 Å². The number of carbonyl (C=O) groups is 1. The highest BCUT2D eigenvalue weighted by Gasteiger charge is 2.25. The number of nitrogens with zero attached hydrogens (tertiary/aromatic N) is 3. The average molecular weight is 443 g/mol. The summed E-state index contributed by atoms with van der Waals surface area (Å²) in [6.45, 7) is 11.4. The van der Waals surface area contributed by atoms with Gasteiger partial charge in [0.2, 0.25) is 5.91 Å². The summed E-state index contributed by atoms with van der Waals surface area (Å²) in [5.74, 6) is 1.18. The molecular formula is C28H34N4O. The molecule has 0 atom stereocenters. The van der Waals surface area contributed by atoms with Gasteiger partial charge in [-0.05, 0) is 74.1 Å². The molecule has 1 aliphatic heterocycles. The van der Waals surface area contributed by atoms with Crippen LogP contribution in [-0.4, -0.2) is 40.0 Å². The van der Waals surface area contributed by atoms with Crippen LogP contribution in [0.25, 0.3) is 17.1 Å². The van der Waals surface area contributed by atoms with Gasteiger partial charge in [0.1, 0.15) is 5.82 Å². The summed E-state index contributed by atoms with van der Waals surface area (Å²) in [5.41, 5.74) is 8.62. The van der Waals surface area contributed by atoms with Crippen molar-refractivity contribution in [3.8, 4) is 0 Å². The van der Waals surface area contributed by atoms with Crippen LogP contribution in [0.2, 0.25) is 0 Å². The largest absolute Gasteiger partial charge is 0.326 e. The Kier molecular flexibility index (Phi) is 5.83. The normalized spacial score (nSPS) is 16.9. The van der Waals surface area contributed by atoms with Crippen LogP contribution in [0.4, 0.5) is 5.69 Å². The van der Waals surface area contributed by atoms with Crippen molar-refractivity contribution in [3.63, 3.8) is 0 Å². The lowest BCUT2D eigenvalue weighted by Crippen LogP contribution is -2.36. The predicted molar refractivity (Wildman–Crippen MR) is 136 cm³/mol. The molecule has 5 rings (SSSR count). The van der Waals surface area contributed by atoms with Crippen molar-refractivity contribution in [2.24, 2.45) is 5.92 Å².